The van der Waals surface area contributed by atoms with E-state index >= 15 is 0 Å². The topological polar surface area (TPSA) is 60.7 Å². The van der Waals surface area contributed by atoms with Crippen LogP contribution in [0.3, 0.4) is 0 Å². The zero-order valence-electron chi connectivity index (χ0n) is 12.2. The minimum absolute atomic E-state index is 0.0870. The van der Waals surface area contributed by atoms with E-state index in [0.29, 0.717) is 5.56 Å². The Morgan fingerprint density at radius 2 is 1.45 bits per heavy atom. The lowest BCUT2D eigenvalue weighted by Gasteiger charge is -2.28. The molecule has 0 fully saturated rings. The first-order valence-corrected chi connectivity index (χ1v) is 6.57. The molecule has 0 bridgehead atoms. The fourth-order valence-electron chi connectivity index (χ4n) is 2.39. The van der Waals surface area contributed by atoms with E-state index in [2.05, 4.69) is 0 Å². The largest absolute Gasteiger partial charge is 0.508 e. The number of hydrogen-bond donors (Lipinski definition) is 3. The van der Waals surface area contributed by atoms with Crippen molar-refractivity contribution in [2.45, 2.75) is 33.1 Å². The molecule has 2 rings (SSSR count). The van der Waals surface area contributed by atoms with Gasteiger partial charge in [0.15, 0.2) is 0 Å². The van der Waals surface area contributed by atoms with Crippen molar-refractivity contribution in [3.63, 3.8) is 0 Å². The molecular formula is C17H20O3. The van der Waals surface area contributed by atoms with Crippen molar-refractivity contribution < 1.29 is 15.3 Å². The van der Waals surface area contributed by atoms with Crippen LogP contribution in [0.2, 0.25) is 0 Å². The van der Waals surface area contributed by atoms with Gasteiger partial charge in [-0.05, 0) is 37.1 Å². The molecule has 3 N–H and O–H groups in total. The van der Waals surface area contributed by atoms with Crippen molar-refractivity contribution in [1.82, 2.24) is 0 Å². The van der Waals surface area contributed by atoms with Crippen LogP contribution in [0.4, 0.5) is 0 Å². The summed E-state index contributed by atoms with van der Waals surface area (Å²) < 4.78 is 0. The highest BCUT2D eigenvalue weighted by Crippen LogP contribution is 2.41. The molecule has 2 aromatic rings. The van der Waals surface area contributed by atoms with E-state index < -0.39 is 5.41 Å². The molecule has 0 aliphatic rings. The highest BCUT2D eigenvalue weighted by atomic mass is 16.3. The highest BCUT2D eigenvalue weighted by molar-refractivity contribution is 5.54. The van der Waals surface area contributed by atoms with Gasteiger partial charge in [0, 0.05) is 16.5 Å². The Morgan fingerprint density at radius 1 is 0.850 bits per heavy atom. The van der Waals surface area contributed by atoms with Crippen LogP contribution in [0, 0.1) is 13.8 Å². The van der Waals surface area contributed by atoms with Crippen molar-refractivity contribution in [3.05, 3.63) is 52.6 Å². The van der Waals surface area contributed by atoms with Gasteiger partial charge in [0.25, 0.3) is 0 Å². The van der Waals surface area contributed by atoms with E-state index in [4.69, 9.17) is 0 Å². The fourth-order valence-corrected chi connectivity index (χ4v) is 2.39. The van der Waals surface area contributed by atoms with Crippen LogP contribution in [0.25, 0.3) is 0 Å². The molecule has 0 aromatic heterocycles. The summed E-state index contributed by atoms with van der Waals surface area (Å²) in [6.45, 7) is 7.54. The molecular weight excluding hydrogens is 252 g/mol. The van der Waals surface area contributed by atoms with Crippen LogP contribution in [0.1, 0.15) is 36.1 Å². The molecule has 20 heavy (non-hydrogen) atoms. The van der Waals surface area contributed by atoms with E-state index in [1.165, 1.54) is 0 Å². The Labute approximate surface area is 119 Å². The lowest BCUT2D eigenvalue weighted by molar-refractivity contribution is 0.429. The molecule has 3 heteroatoms. The highest BCUT2D eigenvalue weighted by Gasteiger charge is 2.28. The summed E-state index contributed by atoms with van der Waals surface area (Å²) in [5.41, 5.74) is 2.59. The number of benzene rings is 2. The first kappa shape index (κ1) is 14.3. The van der Waals surface area contributed by atoms with Crippen molar-refractivity contribution in [1.29, 1.82) is 0 Å². The minimum Gasteiger partial charge on any atom is -0.508 e. The van der Waals surface area contributed by atoms with E-state index in [0.717, 1.165) is 16.7 Å². The molecule has 0 saturated carbocycles. The quantitative estimate of drug-likeness (QED) is 0.780. The van der Waals surface area contributed by atoms with Gasteiger partial charge in [-0.15, -0.1) is 0 Å². The van der Waals surface area contributed by atoms with Gasteiger partial charge >= 0.3 is 0 Å². The third-order valence-electron chi connectivity index (χ3n) is 3.99. The maximum absolute atomic E-state index is 10.3. The Balaban J connectivity index is 2.60. The number of aromatic hydroxyl groups is 3. The molecule has 0 saturated heterocycles. The summed E-state index contributed by atoms with van der Waals surface area (Å²) in [5, 5.41) is 29.6. The third kappa shape index (κ3) is 2.20. The second-order valence-corrected chi connectivity index (χ2v) is 5.73. The zero-order valence-corrected chi connectivity index (χ0v) is 12.2. The average Bonchev–Trinajstić information content (AvgIpc) is 2.38. The summed E-state index contributed by atoms with van der Waals surface area (Å²) in [7, 11) is 0. The number of phenols is 3. The van der Waals surface area contributed by atoms with Crippen molar-refractivity contribution in [3.8, 4) is 17.2 Å². The van der Waals surface area contributed by atoms with Crippen LogP contribution in [0.5, 0.6) is 17.2 Å². The Hall–Kier alpha value is -2.16. The average molecular weight is 272 g/mol. The molecule has 0 heterocycles. The number of aryl methyl sites for hydroxylation is 1. The summed E-state index contributed by atoms with van der Waals surface area (Å²) in [6, 6.07) is 8.76. The zero-order chi connectivity index (χ0) is 15.1. The third-order valence-corrected chi connectivity index (χ3v) is 3.99. The summed E-state index contributed by atoms with van der Waals surface area (Å²) in [6.07, 6.45) is 0. The van der Waals surface area contributed by atoms with Crippen LogP contribution in [-0.4, -0.2) is 15.3 Å². The van der Waals surface area contributed by atoms with Crippen molar-refractivity contribution in [2.24, 2.45) is 0 Å². The number of phenolic OH excluding ortho intramolecular Hbond substituents is 3. The van der Waals surface area contributed by atoms with Gasteiger partial charge in [-0.1, -0.05) is 32.0 Å². The van der Waals surface area contributed by atoms with Gasteiger partial charge in [0.1, 0.15) is 17.2 Å². The van der Waals surface area contributed by atoms with Gasteiger partial charge in [-0.2, -0.15) is 0 Å². The molecule has 0 radical (unpaired) electrons. The molecule has 2 aromatic carbocycles. The smallest absolute Gasteiger partial charge is 0.126 e. The van der Waals surface area contributed by atoms with E-state index in [1.807, 2.05) is 32.9 Å². The molecule has 0 spiro atoms. The lowest BCUT2D eigenvalue weighted by Crippen LogP contribution is -2.19. The van der Waals surface area contributed by atoms with Crippen LogP contribution < -0.4 is 0 Å². The molecule has 0 amide bonds. The lowest BCUT2D eigenvalue weighted by atomic mass is 9.76. The summed E-state index contributed by atoms with van der Waals surface area (Å²) in [5.74, 6) is 0.459. The van der Waals surface area contributed by atoms with Crippen molar-refractivity contribution >= 4 is 0 Å². The number of rotatable bonds is 2. The van der Waals surface area contributed by atoms with E-state index in [1.54, 1.807) is 25.1 Å². The normalized spacial score (nSPS) is 11.6. The Morgan fingerprint density at radius 3 is 2.05 bits per heavy atom. The van der Waals surface area contributed by atoms with Crippen LogP contribution in [-0.2, 0) is 5.41 Å². The second kappa shape index (κ2) is 4.75. The SMILES string of the molecule is Cc1cc(C(C)(C)c2ccc(O)c(C)c2O)ccc1O. The molecule has 0 aliphatic heterocycles. The molecule has 0 atom stereocenters. The van der Waals surface area contributed by atoms with Crippen LogP contribution >= 0.6 is 0 Å². The van der Waals surface area contributed by atoms with Gasteiger partial charge in [-0.3, -0.25) is 0 Å². The summed E-state index contributed by atoms with van der Waals surface area (Å²) >= 11 is 0. The molecule has 3 nitrogen and oxygen atoms in total. The number of hydrogen-bond acceptors (Lipinski definition) is 3. The molecule has 0 unspecified atom stereocenters. The first-order valence-electron chi connectivity index (χ1n) is 6.57. The standard InChI is InChI=1S/C17H20O3/c1-10-9-12(5-7-14(10)18)17(3,4)13-6-8-15(19)11(2)16(13)20/h5-9,18-20H,1-4H3. The molecule has 0 aliphatic carbocycles. The van der Waals surface area contributed by atoms with Gasteiger partial charge in [-0.25, -0.2) is 0 Å². The fraction of sp³-hybridized carbons (Fsp3) is 0.294. The Kier molecular flexibility index (Phi) is 3.38. The first-order chi connectivity index (χ1) is 9.25. The Bertz CT molecular complexity index is 658. The molecule has 106 valence electrons. The van der Waals surface area contributed by atoms with Gasteiger partial charge < -0.3 is 15.3 Å². The second-order valence-electron chi connectivity index (χ2n) is 5.73. The van der Waals surface area contributed by atoms with Crippen LogP contribution in [0.15, 0.2) is 30.3 Å². The van der Waals surface area contributed by atoms with E-state index in [9.17, 15) is 15.3 Å². The monoisotopic (exact) mass is 272 g/mol. The maximum atomic E-state index is 10.3. The predicted octanol–water partition coefficient (Wildman–Crippen LogP) is 3.75. The predicted molar refractivity (Wildman–Crippen MR) is 79.5 cm³/mol. The van der Waals surface area contributed by atoms with Gasteiger partial charge in [0.2, 0.25) is 0 Å². The minimum atomic E-state index is -0.430. The summed E-state index contributed by atoms with van der Waals surface area (Å²) in [4.78, 5) is 0. The van der Waals surface area contributed by atoms with Gasteiger partial charge in [0.05, 0.1) is 0 Å². The van der Waals surface area contributed by atoms with Crippen molar-refractivity contribution in [2.75, 3.05) is 0 Å². The maximum Gasteiger partial charge on any atom is 0.126 e. The van der Waals surface area contributed by atoms with E-state index in [-0.39, 0.29) is 17.2 Å².